The van der Waals surface area contributed by atoms with Crippen LogP contribution >= 0.6 is 0 Å². The third-order valence-electron chi connectivity index (χ3n) is 7.06. The van der Waals surface area contributed by atoms with Gasteiger partial charge in [-0.1, -0.05) is 97.9 Å². The highest BCUT2D eigenvalue weighted by Crippen LogP contribution is 2.33. The second-order valence-corrected chi connectivity index (χ2v) is 12.1. The highest BCUT2D eigenvalue weighted by molar-refractivity contribution is 7.92. The highest BCUT2D eigenvalue weighted by Gasteiger charge is 2.35. The molecule has 2 amide bonds. The third-order valence-corrected chi connectivity index (χ3v) is 8.83. The van der Waals surface area contributed by atoms with E-state index in [1.807, 2.05) is 74.5 Å². The first-order chi connectivity index (χ1) is 21.3. The predicted octanol–water partition coefficient (Wildman–Crippen LogP) is 5.45. The van der Waals surface area contributed by atoms with E-state index in [1.165, 1.54) is 17.0 Å². The van der Waals surface area contributed by atoms with E-state index in [9.17, 15) is 18.0 Å². The van der Waals surface area contributed by atoms with Crippen molar-refractivity contribution >= 4 is 27.5 Å². The summed E-state index contributed by atoms with van der Waals surface area (Å²) >= 11 is 0. The Balaban J connectivity index is 1.81. The monoisotopic (exact) mass is 613 g/mol. The Hall–Kier alpha value is -4.63. The van der Waals surface area contributed by atoms with E-state index in [0.29, 0.717) is 18.9 Å². The van der Waals surface area contributed by atoms with Crippen molar-refractivity contribution in [2.45, 2.75) is 44.2 Å². The van der Waals surface area contributed by atoms with Crippen LogP contribution in [0.3, 0.4) is 0 Å². The Labute approximate surface area is 260 Å². The van der Waals surface area contributed by atoms with Crippen molar-refractivity contribution in [1.82, 2.24) is 10.2 Å². The molecule has 44 heavy (non-hydrogen) atoms. The van der Waals surface area contributed by atoms with Crippen molar-refractivity contribution < 1.29 is 22.7 Å². The molecule has 0 saturated heterocycles. The Morgan fingerprint density at radius 1 is 0.773 bits per heavy atom. The first-order valence-corrected chi connectivity index (χ1v) is 16.2. The number of hydrogen-bond donors (Lipinski definition) is 1. The van der Waals surface area contributed by atoms with Gasteiger partial charge in [0.25, 0.3) is 10.0 Å². The molecule has 8 nitrogen and oxygen atoms in total. The van der Waals surface area contributed by atoms with Crippen molar-refractivity contribution in [3.8, 4) is 5.75 Å². The molecule has 0 aliphatic heterocycles. The summed E-state index contributed by atoms with van der Waals surface area (Å²) in [4.78, 5) is 29.7. The molecule has 9 heteroatoms. The number of amides is 2. The standard InChI is InChI=1S/C35H39N3O5S/c1-3-24-36-35(40)32(25-28-16-8-5-9-17-28)37(26-29-18-10-6-11-19-29)34(39)27-38(31-22-14-15-23-33(31)43-4-2)44(41,42)30-20-12-7-13-21-30/h5-23,32H,3-4,24-27H2,1-2H3,(H,36,40). The van der Waals surface area contributed by atoms with Gasteiger partial charge in [-0.3, -0.25) is 13.9 Å². The summed E-state index contributed by atoms with van der Waals surface area (Å²) in [6.07, 6.45) is 0.990. The Morgan fingerprint density at radius 3 is 1.95 bits per heavy atom. The van der Waals surface area contributed by atoms with E-state index >= 15 is 0 Å². The van der Waals surface area contributed by atoms with E-state index in [1.54, 1.807) is 42.5 Å². The minimum absolute atomic E-state index is 0.0373. The number of hydrogen-bond acceptors (Lipinski definition) is 5. The van der Waals surface area contributed by atoms with Gasteiger partial charge in [-0.05, 0) is 48.7 Å². The highest BCUT2D eigenvalue weighted by atomic mass is 32.2. The number of anilines is 1. The fourth-order valence-electron chi connectivity index (χ4n) is 4.87. The van der Waals surface area contributed by atoms with Gasteiger partial charge in [0.15, 0.2) is 0 Å². The molecule has 230 valence electrons. The minimum atomic E-state index is -4.21. The molecule has 1 atom stereocenters. The number of para-hydroxylation sites is 2. The number of ether oxygens (including phenoxy) is 1. The summed E-state index contributed by atoms with van der Waals surface area (Å²) in [6.45, 7) is 4.10. The summed E-state index contributed by atoms with van der Waals surface area (Å²) < 4.78 is 35.2. The van der Waals surface area contributed by atoms with E-state index in [2.05, 4.69) is 5.32 Å². The molecule has 4 aromatic carbocycles. The second-order valence-electron chi connectivity index (χ2n) is 10.2. The largest absolute Gasteiger partial charge is 0.492 e. The van der Waals surface area contributed by atoms with Crippen LogP contribution in [0.25, 0.3) is 0 Å². The number of carbonyl (C=O) groups is 2. The topological polar surface area (TPSA) is 96.0 Å². The zero-order valence-corrected chi connectivity index (χ0v) is 26.0. The Kier molecular flexibility index (Phi) is 11.5. The quantitative estimate of drug-likeness (QED) is 0.193. The molecule has 1 unspecified atom stereocenters. The van der Waals surface area contributed by atoms with Crippen LogP contribution in [-0.4, -0.2) is 50.9 Å². The third kappa shape index (κ3) is 8.26. The van der Waals surface area contributed by atoms with Crippen LogP contribution in [0.4, 0.5) is 5.69 Å². The molecule has 0 heterocycles. The number of carbonyl (C=O) groups excluding carboxylic acids is 2. The normalized spacial score (nSPS) is 11.8. The van der Waals surface area contributed by atoms with E-state index in [-0.39, 0.29) is 29.5 Å². The summed E-state index contributed by atoms with van der Waals surface area (Å²) in [5.41, 5.74) is 1.93. The van der Waals surface area contributed by atoms with Crippen LogP contribution in [0.15, 0.2) is 120 Å². The minimum Gasteiger partial charge on any atom is -0.492 e. The fraction of sp³-hybridized carbons (Fsp3) is 0.257. The summed E-state index contributed by atoms with van der Waals surface area (Å²) in [5, 5.41) is 2.96. The molecular weight excluding hydrogens is 574 g/mol. The smallest absolute Gasteiger partial charge is 0.264 e. The molecule has 0 fully saturated rings. The zero-order chi connectivity index (χ0) is 31.4. The number of benzene rings is 4. The van der Waals surface area contributed by atoms with Gasteiger partial charge in [-0.25, -0.2) is 8.42 Å². The number of rotatable bonds is 15. The number of sulfonamides is 1. The zero-order valence-electron chi connectivity index (χ0n) is 25.1. The Morgan fingerprint density at radius 2 is 1.34 bits per heavy atom. The lowest BCUT2D eigenvalue weighted by molar-refractivity contribution is -0.140. The molecule has 4 aromatic rings. The number of nitrogens with one attached hydrogen (secondary N) is 1. The van der Waals surface area contributed by atoms with Crippen molar-refractivity contribution in [2.75, 3.05) is 24.0 Å². The summed E-state index contributed by atoms with van der Waals surface area (Å²) in [6, 6.07) is 32.7. The lowest BCUT2D eigenvalue weighted by Crippen LogP contribution is -2.53. The average Bonchev–Trinajstić information content (AvgIpc) is 3.06. The van der Waals surface area contributed by atoms with E-state index in [0.717, 1.165) is 21.9 Å². The van der Waals surface area contributed by atoms with Gasteiger partial charge in [0, 0.05) is 19.5 Å². The van der Waals surface area contributed by atoms with Crippen LogP contribution in [-0.2, 0) is 32.6 Å². The molecule has 4 rings (SSSR count). The molecule has 0 radical (unpaired) electrons. The molecule has 0 bridgehead atoms. The van der Waals surface area contributed by atoms with Crippen LogP contribution in [0.2, 0.25) is 0 Å². The van der Waals surface area contributed by atoms with Crippen molar-refractivity contribution in [2.24, 2.45) is 0 Å². The summed E-state index contributed by atoms with van der Waals surface area (Å²) in [7, 11) is -4.21. The SMILES string of the molecule is CCCNC(=O)C(Cc1ccccc1)N(Cc1ccccc1)C(=O)CN(c1ccccc1OCC)S(=O)(=O)c1ccccc1. The number of nitrogens with zero attached hydrogens (tertiary/aromatic N) is 2. The summed E-state index contributed by atoms with van der Waals surface area (Å²) in [5.74, 6) is -0.488. The molecular formula is C35H39N3O5S. The average molecular weight is 614 g/mol. The van der Waals surface area contributed by atoms with Gasteiger partial charge in [0.05, 0.1) is 17.2 Å². The van der Waals surface area contributed by atoms with Crippen LogP contribution < -0.4 is 14.4 Å². The maximum absolute atomic E-state index is 14.5. The van der Waals surface area contributed by atoms with Gasteiger partial charge >= 0.3 is 0 Å². The first-order valence-electron chi connectivity index (χ1n) is 14.8. The van der Waals surface area contributed by atoms with Gasteiger partial charge in [0.2, 0.25) is 11.8 Å². The van der Waals surface area contributed by atoms with Crippen molar-refractivity contribution in [3.63, 3.8) is 0 Å². The molecule has 0 saturated carbocycles. The van der Waals surface area contributed by atoms with Gasteiger partial charge < -0.3 is 15.0 Å². The van der Waals surface area contributed by atoms with Crippen LogP contribution in [0.1, 0.15) is 31.4 Å². The van der Waals surface area contributed by atoms with Gasteiger partial charge in [-0.15, -0.1) is 0 Å². The first kappa shape index (κ1) is 32.3. The van der Waals surface area contributed by atoms with Crippen molar-refractivity contribution in [3.05, 3.63) is 126 Å². The van der Waals surface area contributed by atoms with E-state index < -0.39 is 28.5 Å². The maximum atomic E-state index is 14.5. The van der Waals surface area contributed by atoms with Crippen molar-refractivity contribution in [1.29, 1.82) is 0 Å². The van der Waals surface area contributed by atoms with Gasteiger partial charge in [-0.2, -0.15) is 0 Å². The van der Waals surface area contributed by atoms with Crippen LogP contribution in [0.5, 0.6) is 5.75 Å². The van der Waals surface area contributed by atoms with Gasteiger partial charge in [0.1, 0.15) is 18.3 Å². The lowest BCUT2D eigenvalue weighted by Gasteiger charge is -2.34. The van der Waals surface area contributed by atoms with Crippen LogP contribution in [0, 0.1) is 0 Å². The molecule has 0 aliphatic carbocycles. The second kappa shape index (κ2) is 15.7. The molecule has 0 aromatic heterocycles. The maximum Gasteiger partial charge on any atom is 0.264 e. The molecule has 0 spiro atoms. The van der Waals surface area contributed by atoms with E-state index in [4.69, 9.17) is 4.74 Å². The fourth-order valence-corrected chi connectivity index (χ4v) is 6.32. The predicted molar refractivity (Wildman–Crippen MR) is 173 cm³/mol. The Bertz CT molecular complexity index is 1600. The molecule has 0 aliphatic rings. The lowest BCUT2D eigenvalue weighted by atomic mass is 10.0. The molecule has 1 N–H and O–H groups in total.